The average Bonchev–Trinajstić information content (AvgIpc) is 2.40. The number of benzene rings is 1. The van der Waals surface area contributed by atoms with Crippen molar-refractivity contribution in [3.8, 4) is 0 Å². The number of carboxylic acid groups (broad SMARTS) is 1. The largest absolute Gasteiger partial charge is 0.478 e. The smallest absolute Gasteiger partial charge is 0.337 e. The SMILES string of the molecule is Cc1ccc(CSc2ccc(C(=O)O)cn2)cc1C. The van der Waals surface area contributed by atoms with Crippen molar-refractivity contribution >= 4 is 17.7 Å². The lowest BCUT2D eigenvalue weighted by molar-refractivity contribution is 0.0696. The fourth-order valence-corrected chi connectivity index (χ4v) is 2.43. The summed E-state index contributed by atoms with van der Waals surface area (Å²) in [6.45, 7) is 4.20. The minimum Gasteiger partial charge on any atom is -0.478 e. The van der Waals surface area contributed by atoms with E-state index in [0.717, 1.165) is 10.8 Å². The molecule has 0 radical (unpaired) electrons. The topological polar surface area (TPSA) is 50.2 Å². The second kappa shape index (κ2) is 5.89. The third-order valence-corrected chi connectivity index (χ3v) is 3.96. The lowest BCUT2D eigenvalue weighted by Gasteiger charge is -2.05. The fourth-order valence-electron chi connectivity index (χ4n) is 1.64. The van der Waals surface area contributed by atoms with Gasteiger partial charge in [-0.2, -0.15) is 0 Å². The zero-order chi connectivity index (χ0) is 13.8. The van der Waals surface area contributed by atoms with E-state index in [2.05, 4.69) is 37.0 Å². The van der Waals surface area contributed by atoms with Crippen LogP contribution in [0.15, 0.2) is 41.6 Å². The van der Waals surface area contributed by atoms with Crippen LogP contribution in [0.25, 0.3) is 0 Å². The molecule has 0 amide bonds. The molecule has 0 aliphatic rings. The number of aryl methyl sites for hydroxylation is 2. The minimum absolute atomic E-state index is 0.218. The minimum atomic E-state index is -0.946. The zero-order valence-electron chi connectivity index (χ0n) is 10.9. The molecule has 0 bridgehead atoms. The van der Waals surface area contributed by atoms with E-state index in [1.54, 1.807) is 23.9 Å². The van der Waals surface area contributed by atoms with Crippen molar-refractivity contribution in [1.29, 1.82) is 0 Å². The number of thioether (sulfide) groups is 1. The Morgan fingerprint density at radius 2 is 2.00 bits per heavy atom. The first-order valence-electron chi connectivity index (χ1n) is 5.94. The van der Waals surface area contributed by atoms with Crippen LogP contribution in [0.2, 0.25) is 0 Å². The molecule has 1 aromatic heterocycles. The molecule has 19 heavy (non-hydrogen) atoms. The van der Waals surface area contributed by atoms with Crippen molar-refractivity contribution in [2.75, 3.05) is 0 Å². The van der Waals surface area contributed by atoms with Crippen LogP contribution < -0.4 is 0 Å². The summed E-state index contributed by atoms with van der Waals surface area (Å²) in [5, 5.41) is 9.63. The Bertz CT molecular complexity index is 594. The Labute approximate surface area is 116 Å². The van der Waals surface area contributed by atoms with Crippen LogP contribution in [0, 0.1) is 13.8 Å². The molecule has 0 unspecified atom stereocenters. The summed E-state index contributed by atoms with van der Waals surface area (Å²) >= 11 is 1.60. The van der Waals surface area contributed by atoms with Crippen LogP contribution in [-0.2, 0) is 5.75 Å². The Balaban J connectivity index is 2.01. The lowest BCUT2D eigenvalue weighted by Crippen LogP contribution is -1.96. The van der Waals surface area contributed by atoms with Crippen LogP contribution in [0.3, 0.4) is 0 Å². The van der Waals surface area contributed by atoms with Gasteiger partial charge in [-0.05, 0) is 42.7 Å². The number of hydrogen-bond donors (Lipinski definition) is 1. The standard InChI is InChI=1S/C15H15NO2S/c1-10-3-4-12(7-11(10)2)9-19-14-6-5-13(8-16-14)15(17)18/h3-8H,9H2,1-2H3,(H,17,18). The van der Waals surface area contributed by atoms with Gasteiger partial charge in [0, 0.05) is 11.9 Å². The molecule has 4 heteroatoms. The highest BCUT2D eigenvalue weighted by atomic mass is 32.2. The molecule has 1 aromatic carbocycles. The van der Waals surface area contributed by atoms with Crippen molar-refractivity contribution in [3.63, 3.8) is 0 Å². The summed E-state index contributed by atoms with van der Waals surface area (Å²) in [7, 11) is 0. The summed E-state index contributed by atoms with van der Waals surface area (Å²) < 4.78 is 0. The van der Waals surface area contributed by atoms with E-state index >= 15 is 0 Å². The Morgan fingerprint density at radius 3 is 2.58 bits per heavy atom. The number of aromatic nitrogens is 1. The molecule has 0 atom stereocenters. The van der Waals surface area contributed by atoms with Crippen LogP contribution in [-0.4, -0.2) is 16.1 Å². The predicted octanol–water partition coefficient (Wildman–Crippen LogP) is 3.69. The van der Waals surface area contributed by atoms with Crippen molar-refractivity contribution in [1.82, 2.24) is 4.98 Å². The third kappa shape index (κ3) is 3.58. The van der Waals surface area contributed by atoms with Crippen LogP contribution in [0.1, 0.15) is 27.0 Å². The molecule has 98 valence electrons. The van der Waals surface area contributed by atoms with E-state index in [1.165, 1.54) is 22.9 Å². The van der Waals surface area contributed by atoms with E-state index in [9.17, 15) is 4.79 Å². The van der Waals surface area contributed by atoms with E-state index in [1.807, 2.05) is 0 Å². The predicted molar refractivity (Wildman–Crippen MR) is 76.7 cm³/mol. The van der Waals surface area contributed by atoms with E-state index in [-0.39, 0.29) is 5.56 Å². The van der Waals surface area contributed by atoms with Crippen molar-refractivity contribution < 1.29 is 9.90 Å². The van der Waals surface area contributed by atoms with Gasteiger partial charge in [0.15, 0.2) is 0 Å². The Kier molecular flexibility index (Phi) is 4.22. The van der Waals surface area contributed by atoms with E-state index < -0.39 is 5.97 Å². The Hall–Kier alpha value is -1.81. The Morgan fingerprint density at radius 1 is 1.21 bits per heavy atom. The number of rotatable bonds is 4. The van der Waals surface area contributed by atoms with Gasteiger partial charge in [0.05, 0.1) is 10.6 Å². The second-order valence-corrected chi connectivity index (χ2v) is 5.39. The molecule has 1 heterocycles. The molecule has 2 rings (SSSR count). The molecule has 0 fully saturated rings. The molecular formula is C15H15NO2S. The maximum Gasteiger partial charge on any atom is 0.337 e. The van der Waals surface area contributed by atoms with E-state index in [4.69, 9.17) is 5.11 Å². The van der Waals surface area contributed by atoms with Gasteiger partial charge in [-0.25, -0.2) is 9.78 Å². The molecule has 0 aliphatic carbocycles. The van der Waals surface area contributed by atoms with Gasteiger partial charge >= 0.3 is 5.97 Å². The van der Waals surface area contributed by atoms with Crippen molar-refractivity contribution in [3.05, 3.63) is 58.8 Å². The number of aromatic carboxylic acids is 1. The third-order valence-electron chi connectivity index (χ3n) is 2.94. The van der Waals surface area contributed by atoms with Gasteiger partial charge in [-0.15, -0.1) is 11.8 Å². The number of hydrogen-bond acceptors (Lipinski definition) is 3. The fraction of sp³-hybridized carbons (Fsp3) is 0.200. The summed E-state index contributed by atoms with van der Waals surface area (Å²) in [4.78, 5) is 14.9. The molecule has 0 saturated heterocycles. The maximum absolute atomic E-state index is 10.7. The van der Waals surface area contributed by atoms with Gasteiger partial charge in [-0.3, -0.25) is 0 Å². The second-order valence-electron chi connectivity index (χ2n) is 4.40. The van der Waals surface area contributed by atoms with Gasteiger partial charge in [0.25, 0.3) is 0 Å². The normalized spacial score (nSPS) is 10.4. The first-order valence-corrected chi connectivity index (χ1v) is 6.93. The van der Waals surface area contributed by atoms with Gasteiger partial charge in [-0.1, -0.05) is 18.2 Å². The summed E-state index contributed by atoms with van der Waals surface area (Å²) in [6, 6.07) is 9.73. The highest BCUT2D eigenvalue weighted by Gasteiger charge is 2.04. The summed E-state index contributed by atoms with van der Waals surface area (Å²) in [5.74, 6) is -0.112. The molecule has 3 nitrogen and oxygen atoms in total. The quantitative estimate of drug-likeness (QED) is 0.863. The highest BCUT2D eigenvalue weighted by molar-refractivity contribution is 7.98. The van der Waals surface area contributed by atoms with Gasteiger partial charge in [0.2, 0.25) is 0 Å². The van der Waals surface area contributed by atoms with Gasteiger partial charge < -0.3 is 5.11 Å². The van der Waals surface area contributed by atoms with Gasteiger partial charge in [0.1, 0.15) is 0 Å². The van der Waals surface area contributed by atoms with Crippen molar-refractivity contribution in [2.45, 2.75) is 24.6 Å². The summed E-state index contributed by atoms with van der Waals surface area (Å²) in [6.07, 6.45) is 1.39. The molecule has 1 N–H and O–H groups in total. The molecule has 0 aliphatic heterocycles. The first-order chi connectivity index (χ1) is 9.06. The van der Waals surface area contributed by atoms with Crippen LogP contribution in [0.4, 0.5) is 0 Å². The molecule has 2 aromatic rings. The highest BCUT2D eigenvalue weighted by Crippen LogP contribution is 2.22. The number of pyridine rings is 1. The van der Waals surface area contributed by atoms with Crippen molar-refractivity contribution in [2.24, 2.45) is 0 Å². The number of nitrogens with zero attached hydrogens (tertiary/aromatic N) is 1. The molecule has 0 saturated carbocycles. The summed E-state index contributed by atoms with van der Waals surface area (Å²) in [5.41, 5.74) is 4.04. The number of carboxylic acids is 1. The molecule has 0 spiro atoms. The average molecular weight is 273 g/mol. The maximum atomic E-state index is 10.7. The van der Waals surface area contributed by atoms with Crippen LogP contribution >= 0.6 is 11.8 Å². The zero-order valence-corrected chi connectivity index (χ0v) is 11.7. The monoisotopic (exact) mass is 273 g/mol. The van der Waals surface area contributed by atoms with E-state index in [0.29, 0.717) is 0 Å². The number of carbonyl (C=O) groups is 1. The van der Waals surface area contributed by atoms with Crippen LogP contribution in [0.5, 0.6) is 0 Å². The first kappa shape index (κ1) is 13.6. The lowest BCUT2D eigenvalue weighted by atomic mass is 10.1. The molecular weight excluding hydrogens is 258 g/mol.